The summed E-state index contributed by atoms with van der Waals surface area (Å²) in [6.07, 6.45) is 1.64. The molecular formula is C10H20N3O6P. The summed E-state index contributed by atoms with van der Waals surface area (Å²) in [7, 11) is -1.84. The highest BCUT2D eigenvalue weighted by Gasteiger charge is 2.17. The first kappa shape index (κ1) is 18.7. The first-order chi connectivity index (χ1) is 9.47. The molecule has 0 aromatic heterocycles. The van der Waals surface area contributed by atoms with Crippen molar-refractivity contribution in [2.24, 2.45) is 5.50 Å². The number of carbonyl (C=O) groups is 3. The van der Waals surface area contributed by atoms with Gasteiger partial charge in [-0.15, -0.1) is 0 Å². The van der Waals surface area contributed by atoms with E-state index in [1.807, 2.05) is 0 Å². The highest BCUT2D eigenvalue weighted by Crippen LogP contribution is 2.19. The molecule has 0 aliphatic heterocycles. The minimum atomic E-state index is -1.84. The normalized spacial score (nSPS) is 13.3. The number of nitrogens with one attached hydrogen (secondary N) is 2. The van der Waals surface area contributed by atoms with Crippen molar-refractivity contribution in [3.05, 3.63) is 0 Å². The lowest BCUT2D eigenvalue weighted by molar-refractivity contribution is -0.140. The SMILES string of the molecule is NP(O)OCCCCNC(=O)CCC(NC=O)C(=O)O. The highest BCUT2D eigenvalue weighted by molar-refractivity contribution is 7.43. The number of carboxylic acid groups (broad SMARTS) is 1. The van der Waals surface area contributed by atoms with E-state index in [-0.39, 0.29) is 18.7 Å². The first-order valence-corrected chi connectivity index (χ1v) is 7.31. The average molecular weight is 309 g/mol. The Kier molecular flexibility index (Phi) is 10.8. The van der Waals surface area contributed by atoms with Crippen LogP contribution in [-0.4, -0.2) is 47.5 Å². The predicted octanol–water partition coefficient (Wildman–Crippen LogP) is -0.943. The Morgan fingerprint density at radius 3 is 2.65 bits per heavy atom. The van der Waals surface area contributed by atoms with Crippen molar-refractivity contribution in [3.8, 4) is 0 Å². The van der Waals surface area contributed by atoms with Gasteiger partial charge in [0.15, 0.2) is 0 Å². The second-order valence-corrected chi connectivity index (χ2v) is 4.77. The quantitative estimate of drug-likeness (QED) is 0.177. The molecule has 0 rings (SSSR count). The van der Waals surface area contributed by atoms with Gasteiger partial charge in [0.2, 0.25) is 20.8 Å². The second kappa shape index (κ2) is 11.5. The van der Waals surface area contributed by atoms with Crippen LogP contribution in [0, 0.1) is 0 Å². The minimum Gasteiger partial charge on any atom is -0.480 e. The van der Waals surface area contributed by atoms with E-state index in [1.165, 1.54) is 0 Å². The van der Waals surface area contributed by atoms with E-state index in [1.54, 1.807) is 0 Å². The molecule has 2 unspecified atom stereocenters. The highest BCUT2D eigenvalue weighted by atomic mass is 31.2. The van der Waals surface area contributed by atoms with E-state index >= 15 is 0 Å². The van der Waals surface area contributed by atoms with Gasteiger partial charge in [-0.2, -0.15) is 0 Å². The van der Waals surface area contributed by atoms with Crippen molar-refractivity contribution in [3.63, 3.8) is 0 Å². The number of carboxylic acids is 1. The van der Waals surface area contributed by atoms with Crippen molar-refractivity contribution in [1.82, 2.24) is 10.6 Å². The number of hydrogen-bond donors (Lipinski definition) is 5. The van der Waals surface area contributed by atoms with Gasteiger partial charge in [-0.05, 0) is 19.3 Å². The van der Waals surface area contributed by atoms with Gasteiger partial charge in [0, 0.05) is 13.0 Å². The largest absolute Gasteiger partial charge is 0.480 e. The molecule has 0 aliphatic rings. The van der Waals surface area contributed by atoms with Gasteiger partial charge < -0.3 is 25.2 Å². The third-order valence-corrected chi connectivity index (χ3v) is 2.79. The van der Waals surface area contributed by atoms with Crippen LogP contribution in [-0.2, 0) is 18.9 Å². The lowest BCUT2D eigenvalue weighted by atomic mass is 10.1. The molecule has 2 atom stereocenters. The molecule has 116 valence electrons. The number of hydrogen-bond acceptors (Lipinski definition) is 6. The van der Waals surface area contributed by atoms with Crippen molar-refractivity contribution in [2.75, 3.05) is 13.2 Å². The van der Waals surface area contributed by atoms with Gasteiger partial charge in [-0.25, -0.2) is 4.79 Å². The fraction of sp³-hybridized carbons (Fsp3) is 0.700. The monoisotopic (exact) mass is 309 g/mol. The molecule has 0 aromatic rings. The molecule has 0 heterocycles. The Balaban J connectivity index is 3.62. The Morgan fingerprint density at radius 2 is 2.10 bits per heavy atom. The smallest absolute Gasteiger partial charge is 0.326 e. The molecule has 6 N–H and O–H groups in total. The zero-order valence-electron chi connectivity index (χ0n) is 10.9. The maximum absolute atomic E-state index is 11.4. The minimum absolute atomic E-state index is 0.0129. The van der Waals surface area contributed by atoms with Crippen molar-refractivity contribution in [1.29, 1.82) is 0 Å². The fourth-order valence-corrected chi connectivity index (χ4v) is 1.65. The first-order valence-electron chi connectivity index (χ1n) is 6.03. The van der Waals surface area contributed by atoms with Crippen LogP contribution in [0.3, 0.4) is 0 Å². The van der Waals surface area contributed by atoms with Gasteiger partial charge in [0.25, 0.3) is 0 Å². The zero-order chi connectivity index (χ0) is 15.4. The Bertz CT molecular complexity index is 315. The molecule has 0 radical (unpaired) electrons. The van der Waals surface area contributed by atoms with Crippen LogP contribution in [0.1, 0.15) is 25.7 Å². The van der Waals surface area contributed by atoms with Crippen LogP contribution in [0.2, 0.25) is 0 Å². The summed E-state index contributed by atoms with van der Waals surface area (Å²) < 4.78 is 4.76. The van der Waals surface area contributed by atoms with Gasteiger partial charge in [0.05, 0.1) is 6.61 Å². The van der Waals surface area contributed by atoms with Crippen LogP contribution in [0.5, 0.6) is 0 Å². The molecule has 2 amide bonds. The van der Waals surface area contributed by atoms with Crippen LogP contribution in [0.15, 0.2) is 0 Å². The molecule has 0 aromatic carbocycles. The van der Waals surface area contributed by atoms with Crippen molar-refractivity contribution >= 4 is 26.8 Å². The molecule has 0 fully saturated rings. The van der Waals surface area contributed by atoms with E-state index in [0.717, 1.165) is 0 Å². The van der Waals surface area contributed by atoms with E-state index in [2.05, 4.69) is 10.6 Å². The summed E-state index contributed by atoms with van der Waals surface area (Å²) in [5.74, 6) is -1.46. The van der Waals surface area contributed by atoms with Crippen LogP contribution < -0.4 is 16.1 Å². The number of amides is 2. The van der Waals surface area contributed by atoms with Gasteiger partial charge >= 0.3 is 5.97 Å². The summed E-state index contributed by atoms with van der Waals surface area (Å²) in [5, 5.41) is 13.5. The van der Waals surface area contributed by atoms with Gasteiger partial charge in [0.1, 0.15) is 6.04 Å². The molecule has 0 saturated heterocycles. The fourth-order valence-electron chi connectivity index (χ4n) is 1.34. The van der Waals surface area contributed by atoms with Gasteiger partial charge in [-0.1, -0.05) is 0 Å². The molecule has 0 saturated carbocycles. The summed E-state index contributed by atoms with van der Waals surface area (Å²) in [5.41, 5.74) is 5.02. The Hall–Kier alpha value is -1.28. The van der Waals surface area contributed by atoms with E-state index in [9.17, 15) is 14.4 Å². The molecule has 9 nitrogen and oxygen atoms in total. The third kappa shape index (κ3) is 10.6. The maximum Gasteiger partial charge on any atom is 0.326 e. The number of unbranched alkanes of at least 4 members (excludes halogenated alkanes) is 1. The third-order valence-electron chi connectivity index (χ3n) is 2.34. The van der Waals surface area contributed by atoms with Crippen LogP contribution in [0.4, 0.5) is 0 Å². The summed E-state index contributed by atoms with van der Waals surface area (Å²) >= 11 is 0. The number of carbonyl (C=O) groups excluding carboxylic acids is 2. The second-order valence-electron chi connectivity index (χ2n) is 3.91. The topological polar surface area (TPSA) is 151 Å². The molecule has 10 heteroatoms. The van der Waals surface area contributed by atoms with Gasteiger partial charge in [-0.3, -0.25) is 15.1 Å². The summed E-state index contributed by atoms with van der Waals surface area (Å²) in [6.45, 7) is 0.744. The van der Waals surface area contributed by atoms with Crippen molar-refractivity contribution in [2.45, 2.75) is 31.7 Å². The number of nitrogens with two attached hydrogens (primary N) is 1. The van der Waals surface area contributed by atoms with Crippen LogP contribution in [0.25, 0.3) is 0 Å². The van der Waals surface area contributed by atoms with Crippen LogP contribution >= 0.6 is 8.53 Å². The molecule has 0 aliphatic carbocycles. The summed E-state index contributed by atoms with van der Waals surface area (Å²) in [6, 6.07) is -1.06. The molecular weight excluding hydrogens is 289 g/mol. The summed E-state index contributed by atoms with van der Waals surface area (Å²) in [4.78, 5) is 41.0. The lowest BCUT2D eigenvalue weighted by Gasteiger charge is -2.11. The maximum atomic E-state index is 11.4. The Morgan fingerprint density at radius 1 is 1.40 bits per heavy atom. The van der Waals surface area contributed by atoms with E-state index in [0.29, 0.717) is 32.4 Å². The van der Waals surface area contributed by atoms with Crippen molar-refractivity contribution < 1.29 is 28.9 Å². The number of rotatable bonds is 12. The molecule has 0 spiro atoms. The molecule has 0 bridgehead atoms. The van der Waals surface area contributed by atoms with E-state index in [4.69, 9.17) is 20.0 Å². The lowest BCUT2D eigenvalue weighted by Crippen LogP contribution is -2.37. The standard InChI is InChI=1S/C10H20N3O6P/c11-20(18)19-6-2-1-5-12-9(15)4-3-8(10(16)17)13-7-14/h7-8,18H,1-6,11H2,(H,12,15)(H,13,14)(H,16,17). The number of aliphatic carboxylic acids is 1. The Labute approximate surface area is 117 Å². The molecule has 20 heavy (non-hydrogen) atoms. The predicted molar refractivity (Wildman–Crippen MR) is 71.4 cm³/mol. The average Bonchev–Trinajstić information content (AvgIpc) is 2.37. The van der Waals surface area contributed by atoms with E-state index < -0.39 is 20.5 Å². The zero-order valence-corrected chi connectivity index (χ0v) is 11.8.